The van der Waals surface area contributed by atoms with E-state index in [2.05, 4.69) is 0 Å². The van der Waals surface area contributed by atoms with Crippen molar-refractivity contribution in [3.63, 3.8) is 0 Å². The zero-order valence-electron chi connectivity index (χ0n) is 16.9. The molecule has 2 heterocycles. The van der Waals surface area contributed by atoms with Gasteiger partial charge in [0.2, 0.25) is 0 Å². The average Bonchev–Trinajstić information content (AvgIpc) is 3.32. The van der Waals surface area contributed by atoms with E-state index in [0.29, 0.717) is 44.2 Å². The number of nitrogens with zero attached hydrogens (tertiary/aromatic N) is 2. The standard InChI is InChI=1S/C21H27FN2O5/c1-27-12-9-23(10-13-28-2)19-18(15-5-7-16(22)8-6-15)20(25)24(21(19)26)14-17-4-3-11-29-17/h5-8,17H,3-4,9-14H2,1-2H3. The Labute approximate surface area is 170 Å². The Morgan fingerprint density at radius 1 is 1.10 bits per heavy atom. The monoisotopic (exact) mass is 406 g/mol. The molecule has 2 aliphatic rings. The molecule has 8 heteroatoms. The molecule has 0 aliphatic carbocycles. The van der Waals surface area contributed by atoms with Crippen molar-refractivity contribution in [1.29, 1.82) is 0 Å². The van der Waals surface area contributed by atoms with Gasteiger partial charge in [-0.1, -0.05) is 12.1 Å². The van der Waals surface area contributed by atoms with Crippen molar-refractivity contribution in [3.05, 3.63) is 41.3 Å². The molecule has 0 bridgehead atoms. The predicted molar refractivity (Wildman–Crippen MR) is 104 cm³/mol. The Morgan fingerprint density at radius 2 is 1.76 bits per heavy atom. The first-order valence-corrected chi connectivity index (χ1v) is 9.77. The molecule has 1 aromatic rings. The van der Waals surface area contributed by atoms with Crippen molar-refractivity contribution >= 4 is 17.4 Å². The van der Waals surface area contributed by atoms with Gasteiger partial charge in [-0.15, -0.1) is 0 Å². The van der Waals surface area contributed by atoms with Crippen LogP contribution in [-0.4, -0.2) is 81.4 Å². The van der Waals surface area contributed by atoms with Crippen LogP contribution in [0.4, 0.5) is 4.39 Å². The summed E-state index contributed by atoms with van der Waals surface area (Å²) in [6, 6.07) is 5.62. The van der Waals surface area contributed by atoms with Gasteiger partial charge in [0.15, 0.2) is 0 Å². The van der Waals surface area contributed by atoms with Crippen LogP contribution in [0.5, 0.6) is 0 Å². The van der Waals surface area contributed by atoms with E-state index in [4.69, 9.17) is 14.2 Å². The van der Waals surface area contributed by atoms with Gasteiger partial charge in [0, 0.05) is 33.9 Å². The van der Waals surface area contributed by atoms with E-state index in [9.17, 15) is 14.0 Å². The highest BCUT2D eigenvalue weighted by atomic mass is 19.1. The van der Waals surface area contributed by atoms with Crippen LogP contribution in [0.3, 0.4) is 0 Å². The maximum Gasteiger partial charge on any atom is 0.277 e. The Morgan fingerprint density at radius 3 is 2.31 bits per heavy atom. The van der Waals surface area contributed by atoms with Gasteiger partial charge in [-0.05, 0) is 30.5 Å². The molecule has 0 saturated carbocycles. The van der Waals surface area contributed by atoms with Crippen LogP contribution in [-0.2, 0) is 23.8 Å². The molecule has 3 rings (SSSR count). The minimum atomic E-state index is -0.403. The lowest BCUT2D eigenvalue weighted by molar-refractivity contribution is -0.139. The summed E-state index contributed by atoms with van der Waals surface area (Å²) in [6.07, 6.45) is 1.58. The van der Waals surface area contributed by atoms with Gasteiger partial charge in [-0.2, -0.15) is 0 Å². The second-order valence-electron chi connectivity index (χ2n) is 7.06. The van der Waals surface area contributed by atoms with Crippen LogP contribution in [0.2, 0.25) is 0 Å². The molecule has 2 amide bonds. The first kappa shape index (κ1) is 21.4. The summed E-state index contributed by atoms with van der Waals surface area (Å²) in [5.74, 6) is -1.15. The van der Waals surface area contributed by atoms with Crippen molar-refractivity contribution in [3.8, 4) is 0 Å². The minimum absolute atomic E-state index is 0.150. The lowest BCUT2D eigenvalue weighted by atomic mass is 10.0. The van der Waals surface area contributed by atoms with Gasteiger partial charge in [0.25, 0.3) is 11.8 Å². The normalized spacial score (nSPS) is 19.6. The van der Waals surface area contributed by atoms with Gasteiger partial charge in [-0.3, -0.25) is 14.5 Å². The highest BCUT2D eigenvalue weighted by Crippen LogP contribution is 2.32. The van der Waals surface area contributed by atoms with E-state index < -0.39 is 5.82 Å². The number of amides is 2. The number of hydrogen-bond donors (Lipinski definition) is 0. The van der Waals surface area contributed by atoms with Crippen LogP contribution < -0.4 is 0 Å². The van der Waals surface area contributed by atoms with E-state index in [0.717, 1.165) is 12.8 Å². The van der Waals surface area contributed by atoms with E-state index in [-0.39, 0.29) is 30.0 Å². The molecule has 29 heavy (non-hydrogen) atoms. The summed E-state index contributed by atoms with van der Waals surface area (Å²) in [5, 5.41) is 0. The molecular formula is C21H27FN2O5. The van der Waals surface area contributed by atoms with Gasteiger partial charge in [0.05, 0.1) is 31.4 Å². The number of carbonyl (C=O) groups excluding carboxylic acids is 2. The summed E-state index contributed by atoms with van der Waals surface area (Å²) in [5.41, 5.74) is 1.09. The molecule has 0 N–H and O–H groups in total. The zero-order valence-corrected chi connectivity index (χ0v) is 16.9. The number of rotatable bonds is 10. The average molecular weight is 406 g/mol. The number of halogens is 1. The summed E-state index contributed by atoms with van der Waals surface area (Å²) in [4.78, 5) is 29.6. The summed E-state index contributed by atoms with van der Waals surface area (Å²) in [6.45, 7) is 2.47. The van der Waals surface area contributed by atoms with Gasteiger partial charge < -0.3 is 19.1 Å². The minimum Gasteiger partial charge on any atom is -0.383 e. The SMILES string of the molecule is COCCN(CCOC)C1=C(c2ccc(F)cc2)C(=O)N(CC2CCCO2)C1=O. The second kappa shape index (κ2) is 9.96. The molecule has 0 radical (unpaired) electrons. The van der Waals surface area contributed by atoms with Gasteiger partial charge in [-0.25, -0.2) is 4.39 Å². The maximum atomic E-state index is 13.4. The van der Waals surface area contributed by atoms with Crippen LogP contribution in [0.1, 0.15) is 18.4 Å². The number of hydrogen-bond acceptors (Lipinski definition) is 6. The van der Waals surface area contributed by atoms with Crippen LogP contribution >= 0.6 is 0 Å². The van der Waals surface area contributed by atoms with E-state index in [1.54, 1.807) is 19.1 Å². The third-order valence-corrected chi connectivity index (χ3v) is 5.13. The fraction of sp³-hybridized carbons (Fsp3) is 0.524. The van der Waals surface area contributed by atoms with Crippen LogP contribution in [0, 0.1) is 5.82 Å². The van der Waals surface area contributed by atoms with E-state index in [1.807, 2.05) is 0 Å². The fourth-order valence-corrected chi connectivity index (χ4v) is 3.63. The zero-order chi connectivity index (χ0) is 20.8. The van der Waals surface area contributed by atoms with Gasteiger partial charge in [0.1, 0.15) is 11.5 Å². The molecular weight excluding hydrogens is 379 g/mol. The first-order chi connectivity index (χ1) is 14.1. The van der Waals surface area contributed by atoms with Crippen molar-refractivity contribution < 1.29 is 28.2 Å². The van der Waals surface area contributed by atoms with E-state index >= 15 is 0 Å². The Hall–Kier alpha value is -2.29. The highest BCUT2D eigenvalue weighted by Gasteiger charge is 2.42. The molecule has 1 fully saturated rings. The molecule has 1 saturated heterocycles. The third-order valence-electron chi connectivity index (χ3n) is 5.13. The second-order valence-corrected chi connectivity index (χ2v) is 7.06. The molecule has 7 nitrogen and oxygen atoms in total. The smallest absolute Gasteiger partial charge is 0.277 e. The predicted octanol–water partition coefficient (Wildman–Crippen LogP) is 1.68. The number of benzene rings is 1. The molecule has 158 valence electrons. The fourth-order valence-electron chi connectivity index (χ4n) is 3.63. The van der Waals surface area contributed by atoms with Crippen molar-refractivity contribution in [2.45, 2.75) is 18.9 Å². The molecule has 1 atom stereocenters. The molecule has 1 aromatic carbocycles. The third kappa shape index (κ3) is 4.83. The summed E-state index contributed by atoms with van der Waals surface area (Å²) >= 11 is 0. The first-order valence-electron chi connectivity index (χ1n) is 9.77. The highest BCUT2D eigenvalue weighted by molar-refractivity contribution is 6.35. The van der Waals surface area contributed by atoms with Crippen molar-refractivity contribution in [2.24, 2.45) is 0 Å². The summed E-state index contributed by atoms with van der Waals surface area (Å²) < 4.78 is 29.4. The number of imide groups is 1. The van der Waals surface area contributed by atoms with Crippen LogP contribution in [0.25, 0.3) is 5.57 Å². The van der Waals surface area contributed by atoms with Crippen molar-refractivity contribution in [1.82, 2.24) is 9.80 Å². The Balaban J connectivity index is 1.98. The molecule has 0 spiro atoms. The number of ether oxygens (including phenoxy) is 3. The number of carbonyl (C=O) groups is 2. The lowest BCUT2D eigenvalue weighted by Crippen LogP contribution is -2.41. The largest absolute Gasteiger partial charge is 0.383 e. The van der Waals surface area contributed by atoms with Gasteiger partial charge >= 0.3 is 0 Å². The molecule has 0 aromatic heterocycles. The Kier molecular flexibility index (Phi) is 7.35. The Bertz CT molecular complexity index is 751. The van der Waals surface area contributed by atoms with Crippen molar-refractivity contribution in [2.75, 3.05) is 53.7 Å². The topological polar surface area (TPSA) is 68.3 Å². The maximum absolute atomic E-state index is 13.4. The van der Waals surface area contributed by atoms with E-state index in [1.165, 1.54) is 29.2 Å². The quantitative estimate of drug-likeness (QED) is 0.551. The summed E-state index contributed by atoms with van der Waals surface area (Å²) in [7, 11) is 3.16. The molecule has 2 aliphatic heterocycles. The molecule has 1 unspecified atom stereocenters. The lowest BCUT2D eigenvalue weighted by Gasteiger charge is -2.26. The van der Waals surface area contributed by atoms with Crippen LogP contribution in [0.15, 0.2) is 30.0 Å². The number of methoxy groups -OCH3 is 2.